The van der Waals surface area contributed by atoms with Crippen LogP contribution in [0.4, 0.5) is 5.69 Å². The number of nitrogens with zero attached hydrogens (tertiary/aromatic N) is 2. The first-order valence-corrected chi connectivity index (χ1v) is 6.63. The maximum atomic E-state index is 11.4. The van der Waals surface area contributed by atoms with Crippen LogP contribution in [-0.4, -0.2) is 26.2 Å². The van der Waals surface area contributed by atoms with Crippen molar-refractivity contribution in [3.8, 4) is 0 Å². The van der Waals surface area contributed by atoms with Crippen LogP contribution in [-0.2, 0) is 4.79 Å². The molecule has 3 rings (SSSR count). The fourth-order valence-corrected chi connectivity index (χ4v) is 2.88. The number of benzene rings is 1. The Bertz CT molecular complexity index is 673. The Labute approximate surface area is 117 Å². The zero-order valence-electron chi connectivity index (χ0n) is 9.77. The first kappa shape index (κ1) is 12.5. The minimum Gasteiger partial charge on any atom is -0.378 e. The highest BCUT2D eigenvalue weighted by atomic mass is 35.5. The Balaban J connectivity index is 1.96. The fraction of sp³-hybridized carbons (Fsp3) is 0.182. The summed E-state index contributed by atoms with van der Waals surface area (Å²) in [5.74, 6) is 0.269. The summed E-state index contributed by atoms with van der Waals surface area (Å²) in [7, 11) is 0. The van der Waals surface area contributed by atoms with Crippen molar-refractivity contribution in [2.75, 3.05) is 5.32 Å². The lowest BCUT2D eigenvalue weighted by molar-refractivity contribution is -0.123. The first-order valence-electron chi connectivity index (χ1n) is 5.44. The molecule has 6 nitrogen and oxygen atoms in total. The number of amides is 1. The van der Waals surface area contributed by atoms with E-state index < -0.39 is 12.0 Å². The molecule has 1 unspecified atom stereocenters. The highest BCUT2D eigenvalue weighted by molar-refractivity contribution is 7.99. The molecule has 0 bridgehead atoms. The number of anilines is 1. The van der Waals surface area contributed by atoms with Gasteiger partial charge in [-0.25, -0.2) is 4.98 Å². The van der Waals surface area contributed by atoms with Gasteiger partial charge in [-0.2, -0.15) is 0 Å². The molecule has 0 saturated heterocycles. The summed E-state index contributed by atoms with van der Waals surface area (Å²) in [6.07, 6.45) is -1.16. The molecule has 1 atom stereocenters. The van der Waals surface area contributed by atoms with Crippen molar-refractivity contribution in [2.24, 2.45) is 0 Å². The number of carbonyl (C=O) groups excluding carboxylic acids is 1. The maximum Gasteiger partial charge on any atom is 0.257 e. The summed E-state index contributed by atoms with van der Waals surface area (Å²) in [5, 5.41) is 20.0. The van der Waals surface area contributed by atoms with E-state index >= 15 is 0 Å². The third-order valence-corrected chi connectivity index (χ3v) is 4.03. The zero-order chi connectivity index (χ0) is 13.6. The van der Waals surface area contributed by atoms with E-state index in [1.807, 2.05) is 0 Å². The van der Waals surface area contributed by atoms with Gasteiger partial charge in [-0.15, -0.1) is 5.10 Å². The molecular weight excluding hydrogens is 288 g/mol. The molecule has 1 aromatic carbocycles. The molecule has 0 aliphatic carbocycles. The van der Waals surface area contributed by atoms with E-state index in [9.17, 15) is 9.90 Å². The SMILES string of the molecule is Cc1nc(Sc2cc3c(cc2Cl)C(O)C(=O)N3)n[nH]1. The van der Waals surface area contributed by atoms with Crippen LogP contribution in [0.3, 0.4) is 0 Å². The van der Waals surface area contributed by atoms with Crippen molar-refractivity contribution in [3.05, 3.63) is 28.5 Å². The minimum absolute atomic E-state index is 0.443. The quantitative estimate of drug-likeness (QED) is 0.787. The molecule has 0 fully saturated rings. The number of aryl methyl sites for hydroxylation is 1. The summed E-state index contributed by atoms with van der Waals surface area (Å²) < 4.78 is 0. The molecule has 1 amide bonds. The molecule has 98 valence electrons. The third-order valence-electron chi connectivity index (χ3n) is 2.68. The molecule has 0 radical (unpaired) electrons. The summed E-state index contributed by atoms with van der Waals surface area (Å²) in [6, 6.07) is 3.30. The Hall–Kier alpha value is -1.57. The number of aliphatic hydroxyl groups excluding tert-OH is 1. The number of aliphatic hydroxyl groups is 1. The molecule has 1 aliphatic heterocycles. The van der Waals surface area contributed by atoms with Crippen LogP contribution in [0.2, 0.25) is 5.02 Å². The van der Waals surface area contributed by atoms with Crippen LogP contribution in [0.5, 0.6) is 0 Å². The van der Waals surface area contributed by atoms with Crippen LogP contribution in [0, 0.1) is 6.92 Å². The molecule has 0 saturated carbocycles. The number of fused-ring (bicyclic) bond motifs is 1. The van der Waals surface area contributed by atoms with Gasteiger partial charge in [0.25, 0.3) is 5.91 Å². The highest BCUT2D eigenvalue weighted by Crippen LogP contribution is 2.40. The van der Waals surface area contributed by atoms with Crippen molar-refractivity contribution in [3.63, 3.8) is 0 Å². The molecule has 19 heavy (non-hydrogen) atoms. The van der Waals surface area contributed by atoms with Gasteiger partial charge in [0, 0.05) is 16.1 Å². The van der Waals surface area contributed by atoms with Crippen LogP contribution in [0.1, 0.15) is 17.5 Å². The lowest BCUT2D eigenvalue weighted by Crippen LogP contribution is -2.10. The van der Waals surface area contributed by atoms with Crippen molar-refractivity contribution in [1.29, 1.82) is 0 Å². The summed E-state index contributed by atoms with van der Waals surface area (Å²) in [4.78, 5) is 16.3. The minimum atomic E-state index is -1.16. The summed E-state index contributed by atoms with van der Waals surface area (Å²) in [6.45, 7) is 1.80. The van der Waals surface area contributed by atoms with Crippen LogP contribution < -0.4 is 5.32 Å². The standard InChI is InChI=1S/C11H9ClN4O2S/c1-4-13-11(16-15-4)19-8-3-7-5(2-6(8)12)9(17)10(18)14-7/h2-3,9,17H,1H3,(H,14,18)(H,13,15,16). The molecule has 1 aliphatic rings. The number of H-pyrrole nitrogens is 1. The number of carbonyl (C=O) groups is 1. The lowest BCUT2D eigenvalue weighted by Gasteiger charge is -2.06. The van der Waals surface area contributed by atoms with Gasteiger partial charge in [-0.3, -0.25) is 9.89 Å². The average molecular weight is 297 g/mol. The van der Waals surface area contributed by atoms with Gasteiger partial charge in [0.15, 0.2) is 6.10 Å². The number of rotatable bonds is 2. The number of hydrogen-bond donors (Lipinski definition) is 3. The number of nitrogens with one attached hydrogen (secondary N) is 2. The largest absolute Gasteiger partial charge is 0.378 e. The van der Waals surface area contributed by atoms with E-state index in [2.05, 4.69) is 20.5 Å². The van der Waals surface area contributed by atoms with Gasteiger partial charge in [0.2, 0.25) is 5.16 Å². The van der Waals surface area contributed by atoms with Crippen molar-refractivity contribution in [2.45, 2.75) is 23.1 Å². The molecule has 1 aromatic heterocycles. The first-order chi connectivity index (χ1) is 9.04. The Morgan fingerprint density at radius 3 is 2.95 bits per heavy atom. The number of halogens is 1. The Morgan fingerprint density at radius 1 is 1.47 bits per heavy atom. The van der Waals surface area contributed by atoms with Crippen molar-refractivity contribution < 1.29 is 9.90 Å². The highest BCUT2D eigenvalue weighted by Gasteiger charge is 2.29. The summed E-state index contributed by atoms with van der Waals surface area (Å²) in [5.41, 5.74) is 1.06. The van der Waals surface area contributed by atoms with Crippen LogP contribution >= 0.6 is 23.4 Å². The van der Waals surface area contributed by atoms with Gasteiger partial charge < -0.3 is 10.4 Å². The maximum absolute atomic E-state index is 11.4. The van der Waals surface area contributed by atoms with Gasteiger partial charge >= 0.3 is 0 Å². The second-order valence-corrected chi connectivity index (χ2v) is 5.48. The normalized spacial score (nSPS) is 17.4. The van der Waals surface area contributed by atoms with Crippen molar-refractivity contribution in [1.82, 2.24) is 15.2 Å². The predicted molar refractivity (Wildman–Crippen MR) is 70.3 cm³/mol. The lowest BCUT2D eigenvalue weighted by atomic mass is 10.1. The summed E-state index contributed by atoms with van der Waals surface area (Å²) >= 11 is 7.43. The van der Waals surface area contributed by atoms with Crippen LogP contribution in [0.15, 0.2) is 22.2 Å². The van der Waals surface area contributed by atoms with Gasteiger partial charge in [-0.1, -0.05) is 11.6 Å². The second-order valence-electron chi connectivity index (χ2n) is 4.07. The number of aromatic amines is 1. The van der Waals surface area contributed by atoms with Gasteiger partial charge in [-0.05, 0) is 30.8 Å². The van der Waals surface area contributed by atoms with E-state index in [-0.39, 0.29) is 0 Å². The predicted octanol–water partition coefficient (Wildman–Crippen LogP) is 1.90. The molecule has 8 heteroatoms. The van der Waals surface area contributed by atoms with E-state index in [0.717, 1.165) is 0 Å². The molecule has 0 spiro atoms. The number of hydrogen-bond acceptors (Lipinski definition) is 5. The molecular formula is C11H9ClN4O2S. The molecule has 2 heterocycles. The fourth-order valence-electron chi connectivity index (χ4n) is 1.79. The second kappa shape index (κ2) is 4.52. The van der Waals surface area contributed by atoms with Gasteiger partial charge in [0.1, 0.15) is 5.82 Å². The van der Waals surface area contributed by atoms with E-state index in [0.29, 0.717) is 32.1 Å². The van der Waals surface area contributed by atoms with Gasteiger partial charge in [0.05, 0.1) is 5.02 Å². The molecule has 2 aromatic rings. The van der Waals surface area contributed by atoms with Crippen LogP contribution in [0.25, 0.3) is 0 Å². The smallest absolute Gasteiger partial charge is 0.257 e. The monoisotopic (exact) mass is 296 g/mol. The Kier molecular flexibility index (Phi) is 2.96. The Morgan fingerprint density at radius 2 is 2.26 bits per heavy atom. The third kappa shape index (κ3) is 2.20. The number of aromatic nitrogens is 3. The van der Waals surface area contributed by atoms with E-state index in [1.165, 1.54) is 11.8 Å². The van der Waals surface area contributed by atoms with Crippen molar-refractivity contribution >= 4 is 35.0 Å². The van der Waals surface area contributed by atoms with E-state index in [1.54, 1.807) is 19.1 Å². The average Bonchev–Trinajstić information content (AvgIpc) is 2.87. The molecule has 3 N–H and O–H groups in total. The van der Waals surface area contributed by atoms with E-state index in [4.69, 9.17) is 11.6 Å². The zero-order valence-corrected chi connectivity index (χ0v) is 11.3. The topological polar surface area (TPSA) is 90.9 Å².